The predicted molar refractivity (Wildman–Crippen MR) is 83.7 cm³/mol. The SMILES string of the molecule is Nc1ncnc2c1ncn2[C@@H]1O[C@H](CO[PH](=O)OP(=O)(O)O)C(O)C1O. The molecule has 1 aliphatic rings. The van der Waals surface area contributed by atoms with E-state index < -0.39 is 47.2 Å². The van der Waals surface area contributed by atoms with Crippen molar-refractivity contribution in [2.45, 2.75) is 24.5 Å². The van der Waals surface area contributed by atoms with Crippen LogP contribution < -0.4 is 5.73 Å². The number of hydrogen-bond acceptors (Lipinski definition) is 11. The molecule has 14 nitrogen and oxygen atoms in total. The van der Waals surface area contributed by atoms with E-state index in [9.17, 15) is 19.3 Å². The van der Waals surface area contributed by atoms with Gasteiger partial charge >= 0.3 is 16.1 Å². The van der Waals surface area contributed by atoms with Crippen molar-refractivity contribution in [1.82, 2.24) is 19.5 Å². The molecule has 3 rings (SSSR count). The van der Waals surface area contributed by atoms with E-state index in [2.05, 4.69) is 23.8 Å². The van der Waals surface area contributed by atoms with Gasteiger partial charge in [0.15, 0.2) is 17.7 Å². The third-order valence-electron chi connectivity index (χ3n) is 3.56. The average molecular weight is 411 g/mol. The molecule has 2 aromatic rings. The molecule has 0 radical (unpaired) electrons. The molecule has 5 atom stereocenters. The first-order valence-electron chi connectivity index (χ1n) is 7.04. The highest BCUT2D eigenvalue weighted by molar-refractivity contribution is 7.55. The van der Waals surface area contributed by atoms with Crippen LogP contribution in [0.4, 0.5) is 5.82 Å². The molecule has 3 heterocycles. The number of imidazole rings is 1. The Morgan fingerprint density at radius 3 is 2.73 bits per heavy atom. The lowest BCUT2D eigenvalue weighted by Crippen LogP contribution is -2.33. The first-order chi connectivity index (χ1) is 12.2. The Bertz CT molecular complexity index is 872. The van der Waals surface area contributed by atoms with Crippen molar-refractivity contribution in [2.75, 3.05) is 12.3 Å². The van der Waals surface area contributed by atoms with Crippen LogP contribution in [0.15, 0.2) is 12.7 Å². The number of aliphatic hydroxyl groups is 2. The van der Waals surface area contributed by atoms with Gasteiger partial charge in [0.05, 0.1) is 12.9 Å². The summed E-state index contributed by atoms with van der Waals surface area (Å²) < 4.78 is 37.3. The van der Waals surface area contributed by atoms with Crippen molar-refractivity contribution < 1.29 is 42.7 Å². The second-order valence-electron chi connectivity index (χ2n) is 5.27. The molecule has 16 heteroatoms. The summed E-state index contributed by atoms with van der Waals surface area (Å²) in [6.07, 6.45) is -2.63. The highest BCUT2D eigenvalue weighted by Gasteiger charge is 2.44. The van der Waals surface area contributed by atoms with Crippen LogP contribution in [-0.4, -0.2) is 64.4 Å². The van der Waals surface area contributed by atoms with Gasteiger partial charge in [-0.2, -0.15) is 0 Å². The number of nitrogens with zero attached hydrogens (tertiary/aromatic N) is 4. The predicted octanol–water partition coefficient (Wildman–Crippen LogP) is -1.46. The van der Waals surface area contributed by atoms with Crippen molar-refractivity contribution in [3.05, 3.63) is 12.7 Å². The summed E-state index contributed by atoms with van der Waals surface area (Å²) in [6, 6.07) is 0. The Kier molecular flexibility index (Phi) is 5.40. The van der Waals surface area contributed by atoms with Gasteiger partial charge in [-0.25, -0.2) is 23.8 Å². The first-order valence-corrected chi connectivity index (χ1v) is 9.79. The minimum Gasteiger partial charge on any atom is -0.387 e. The van der Waals surface area contributed by atoms with Gasteiger partial charge in [-0.1, -0.05) is 0 Å². The number of phosphoric acid groups is 1. The van der Waals surface area contributed by atoms with Gasteiger partial charge in [0.25, 0.3) is 0 Å². The van der Waals surface area contributed by atoms with Gasteiger partial charge in [-0.05, 0) is 0 Å². The quantitative estimate of drug-likeness (QED) is 0.344. The zero-order valence-electron chi connectivity index (χ0n) is 12.8. The Balaban J connectivity index is 1.72. The number of hydrogen-bond donors (Lipinski definition) is 5. The fourth-order valence-electron chi connectivity index (χ4n) is 2.43. The van der Waals surface area contributed by atoms with E-state index in [1.54, 1.807) is 0 Å². The number of rotatable bonds is 6. The van der Waals surface area contributed by atoms with Crippen LogP contribution in [0.3, 0.4) is 0 Å². The third kappa shape index (κ3) is 3.93. The molecular formula is C10H15N5O9P2. The van der Waals surface area contributed by atoms with E-state index in [1.165, 1.54) is 17.2 Å². The number of fused-ring (bicyclic) bond motifs is 1. The molecular weight excluding hydrogens is 396 g/mol. The zero-order valence-corrected chi connectivity index (χ0v) is 14.7. The van der Waals surface area contributed by atoms with Gasteiger partial charge < -0.3 is 35.0 Å². The third-order valence-corrected chi connectivity index (χ3v) is 5.51. The molecule has 2 aromatic heterocycles. The van der Waals surface area contributed by atoms with Crippen molar-refractivity contribution in [3.63, 3.8) is 0 Å². The second-order valence-corrected chi connectivity index (χ2v) is 7.77. The van der Waals surface area contributed by atoms with Crippen LogP contribution in [0, 0.1) is 0 Å². The Hall–Kier alpha value is -1.47. The Morgan fingerprint density at radius 2 is 2.04 bits per heavy atom. The van der Waals surface area contributed by atoms with Gasteiger partial charge in [0.2, 0.25) is 0 Å². The summed E-state index contributed by atoms with van der Waals surface area (Å²) in [5.74, 6) is 0.120. The lowest BCUT2D eigenvalue weighted by atomic mass is 10.1. The van der Waals surface area contributed by atoms with Crippen LogP contribution in [0.1, 0.15) is 6.23 Å². The molecule has 0 amide bonds. The minimum atomic E-state index is -4.98. The van der Waals surface area contributed by atoms with E-state index in [0.29, 0.717) is 0 Å². The van der Waals surface area contributed by atoms with E-state index in [-0.39, 0.29) is 17.0 Å². The molecule has 144 valence electrons. The summed E-state index contributed by atoms with van der Waals surface area (Å²) in [5.41, 5.74) is 6.21. The van der Waals surface area contributed by atoms with E-state index in [0.717, 1.165) is 0 Å². The smallest absolute Gasteiger partial charge is 0.387 e. The average Bonchev–Trinajstić information content (AvgIpc) is 3.08. The van der Waals surface area contributed by atoms with Gasteiger partial charge in [-0.15, -0.1) is 0 Å². The van der Waals surface area contributed by atoms with Crippen molar-refractivity contribution in [2.24, 2.45) is 0 Å². The van der Waals surface area contributed by atoms with Crippen LogP contribution in [0.25, 0.3) is 11.2 Å². The molecule has 26 heavy (non-hydrogen) atoms. The summed E-state index contributed by atoms with van der Waals surface area (Å²) in [5, 5.41) is 20.3. The maximum atomic E-state index is 11.3. The maximum Gasteiger partial charge on any atom is 0.476 e. The maximum absolute atomic E-state index is 11.3. The van der Waals surface area contributed by atoms with E-state index in [1.807, 2.05) is 0 Å². The fourth-order valence-corrected chi connectivity index (χ4v) is 3.71. The van der Waals surface area contributed by atoms with Crippen LogP contribution in [0.2, 0.25) is 0 Å². The van der Waals surface area contributed by atoms with Crippen molar-refractivity contribution >= 4 is 33.1 Å². The van der Waals surface area contributed by atoms with Gasteiger partial charge in [0, 0.05) is 0 Å². The molecule has 0 saturated carbocycles. The van der Waals surface area contributed by atoms with Crippen LogP contribution in [-0.2, 0) is 22.7 Å². The highest BCUT2D eigenvalue weighted by Crippen LogP contribution is 2.48. The van der Waals surface area contributed by atoms with Gasteiger partial charge in [-0.3, -0.25) is 9.13 Å². The molecule has 1 saturated heterocycles. The molecule has 1 aliphatic heterocycles. The number of ether oxygens (including phenoxy) is 1. The molecule has 0 aromatic carbocycles. The second kappa shape index (κ2) is 7.27. The number of nitrogen functional groups attached to an aromatic ring is 1. The number of anilines is 1. The Labute approximate surface area is 145 Å². The highest BCUT2D eigenvalue weighted by atomic mass is 31.2. The van der Waals surface area contributed by atoms with Gasteiger partial charge in [0.1, 0.15) is 30.2 Å². The normalized spacial score (nSPS) is 27.8. The Morgan fingerprint density at radius 1 is 1.31 bits per heavy atom. The van der Waals surface area contributed by atoms with Crippen LogP contribution >= 0.6 is 16.1 Å². The lowest BCUT2D eigenvalue weighted by Gasteiger charge is -2.16. The standard InChI is InChI=1S/C10H15N5O9P2/c11-8-5-9(13-2-12-8)15(3-14-5)10-7(17)6(16)4(23-10)1-22-25(18)24-26(19,20)21/h2-4,6-7,10,16-17,25H,1H2,(H2,11,12,13)(H2,19,20,21)/t4-,6?,7?,10-/m1/s1. The molecule has 0 spiro atoms. The van der Waals surface area contributed by atoms with E-state index >= 15 is 0 Å². The molecule has 3 unspecified atom stereocenters. The summed E-state index contributed by atoms with van der Waals surface area (Å²) >= 11 is 0. The number of aromatic nitrogens is 4. The first kappa shape index (κ1) is 19.3. The lowest BCUT2D eigenvalue weighted by molar-refractivity contribution is -0.0476. The monoisotopic (exact) mass is 411 g/mol. The topological polar surface area (TPSA) is 212 Å². The fraction of sp³-hybridized carbons (Fsp3) is 0.500. The molecule has 1 fully saturated rings. The number of nitrogens with two attached hydrogens (primary N) is 1. The number of aliphatic hydroxyl groups excluding tert-OH is 2. The zero-order chi connectivity index (χ0) is 19.1. The minimum absolute atomic E-state index is 0.120. The molecule has 6 N–H and O–H groups in total. The van der Waals surface area contributed by atoms with Crippen LogP contribution in [0.5, 0.6) is 0 Å². The summed E-state index contributed by atoms with van der Waals surface area (Å²) in [7, 11) is -8.50. The summed E-state index contributed by atoms with van der Waals surface area (Å²) in [4.78, 5) is 28.9. The largest absolute Gasteiger partial charge is 0.476 e. The van der Waals surface area contributed by atoms with Crippen molar-refractivity contribution in [3.8, 4) is 0 Å². The van der Waals surface area contributed by atoms with E-state index in [4.69, 9.17) is 20.3 Å². The summed E-state index contributed by atoms with van der Waals surface area (Å²) in [6.45, 7) is -0.545. The molecule has 0 aliphatic carbocycles. The molecule has 0 bridgehead atoms. The van der Waals surface area contributed by atoms with Crippen molar-refractivity contribution in [1.29, 1.82) is 0 Å².